The largest absolute Gasteiger partial charge is 0.369 e. The first kappa shape index (κ1) is 5.51. The normalized spacial score (nSPS) is 69.8. The molecule has 4 fully saturated rings. The number of rotatable bonds is 0. The van der Waals surface area contributed by atoms with Crippen LogP contribution >= 0.6 is 0 Å². The minimum atomic E-state index is 0.363. The quantitative estimate of drug-likeness (QED) is 0.463. The smallest absolute Gasteiger partial charge is 0.110 e. The van der Waals surface area contributed by atoms with E-state index in [9.17, 15) is 0 Å². The molecule has 4 aliphatic heterocycles. The van der Waals surface area contributed by atoms with Gasteiger partial charge in [-0.3, -0.25) is 0 Å². The predicted octanol–water partition coefficient (Wildman–Crippen LogP) is 0.0824. The van der Waals surface area contributed by atoms with Gasteiger partial charge in [-0.05, 0) is 0 Å². The minimum Gasteiger partial charge on any atom is -0.369 e. The van der Waals surface area contributed by atoms with Gasteiger partial charge in [0, 0.05) is 12.8 Å². The third-order valence-electron chi connectivity index (χ3n) is 3.26. The first-order chi connectivity index (χ1) is 5.42. The van der Waals surface area contributed by atoms with Gasteiger partial charge in [0.15, 0.2) is 0 Å². The van der Waals surface area contributed by atoms with E-state index >= 15 is 0 Å². The molecular weight excluding hydrogens is 144 g/mol. The van der Waals surface area contributed by atoms with Crippen molar-refractivity contribution in [3.05, 3.63) is 0 Å². The topological polar surface area (TPSA) is 34.3 Å². The van der Waals surface area contributed by atoms with Crippen LogP contribution in [0.5, 0.6) is 0 Å². The van der Waals surface area contributed by atoms with Crippen LogP contribution in [0.25, 0.3) is 0 Å². The van der Waals surface area contributed by atoms with E-state index in [4.69, 9.17) is 14.2 Å². The van der Waals surface area contributed by atoms with Crippen LogP contribution in [0.3, 0.4) is 0 Å². The molecule has 0 radical (unpaired) electrons. The number of epoxide rings is 2. The van der Waals surface area contributed by atoms with Crippen LogP contribution in [0.1, 0.15) is 12.8 Å². The fraction of sp³-hybridized carbons (Fsp3) is 1.00. The summed E-state index contributed by atoms with van der Waals surface area (Å²) in [6, 6.07) is 0. The molecular formula is C8H10O3. The van der Waals surface area contributed by atoms with E-state index in [1.807, 2.05) is 0 Å². The lowest BCUT2D eigenvalue weighted by Gasteiger charge is -2.29. The molecule has 2 bridgehead atoms. The summed E-state index contributed by atoms with van der Waals surface area (Å²) in [6.45, 7) is 0. The van der Waals surface area contributed by atoms with Crippen molar-refractivity contribution in [1.29, 1.82) is 0 Å². The molecule has 0 saturated carbocycles. The lowest BCUT2D eigenvalue weighted by molar-refractivity contribution is -0.0603. The molecule has 3 heteroatoms. The van der Waals surface area contributed by atoms with E-state index in [0.717, 1.165) is 12.8 Å². The summed E-state index contributed by atoms with van der Waals surface area (Å²) < 4.78 is 16.7. The summed E-state index contributed by atoms with van der Waals surface area (Å²) >= 11 is 0. The van der Waals surface area contributed by atoms with E-state index in [1.165, 1.54) is 0 Å². The number of fused-ring (bicyclic) bond motifs is 6. The second kappa shape index (κ2) is 1.49. The van der Waals surface area contributed by atoms with Crippen LogP contribution in [0.2, 0.25) is 0 Å². The van der Waals surface area contributed by atoms with Gasteiger partial charge in [0.2, 0.25) is 0 Å². The Labute approximate surface area is 64.6 Å². The zero-order chi connectivity index (χ0) is 7.00. The van der Waals surface area contributed by atoms with Gasteiger partial charge in [-0.25, -0.2) is 0 Å². The molecule has 6 atom stereocenters. The van der Waals surface area contributed by atoms with Gasteiger partial charge in [-0.15, -0.1) is 0 Å². The highest BCUT2D eigenvalue weighted by Gasteiger charge is 2.62. The summed E-state index contributed by atoms with van der Waals surface area (Å²) in [5.41, 5.74) is 0. The first-order valence-corrected chi connectivity index (χ1v) is 4.38. The van der Waals surface area contributed by atoms with Crippen molar-refractivity contribution in [2.45, 2.75) is 49.5 Å². The summed E-state index contributed by atoms with van der Waals surface area (Å²) in [6.07, 6.45) is 4.76. The number of hydrogen-bond acceptors (Lipinski definition) is 3. The molecule has 0 amide bonds. The Balaban J connectivity index is 1.70. The summed E-state index contributed by atoms with van der Waals surface area (Å²) in [5, 5.41) is 0. The summed E-state index contributed by atoms with van der Waals surface area (Å²) in [7, 11) is 0. The Morgan fingerprint density at radius 3 is 1.64 bits per heavy atom. The molecule has 0 spiro atoms. The van der Waals surface area contributed by atoms with Crippen molar-refractivity contribution in [2.75, 3.05) is 0 Å². The molecule has 4 heterocycles. The maximum absolute atomic E-state index is 5.78. The van der Waals surface area contributed by atoms with E-state index in [1.54, 1.807) is 0 Å². The highest BCUT2D eigenvalue weighted by Crippen LogP contribution is 2.49. The monoisotopic (exact) mass is 154 g/mol. The predicted molar refractivity (Wildman–Crippen MR) is 35.2 cm³/mol. The van der Waals surface area contributed by atoms with Crippen LogP contribution in [-0.2, 0) is 14.2 Å². The van der Waals surface area contributed by atoms with Crippen molar-refractivity contribution in [2.24, 2.45) is 0 Å². The molecule has 0 N–H and O–H groups in total. The van der Waals surface area contributed by atoms with Gasteiger partial charge in [-0.2, -0.15) is 0 Å². The maximum atomic E-state index is 5.78. The molecule has 11 heavy (non-hydrogen) atoms. The zero-order valence-electron chi connectivity index (χ0n) is 6.10. The molecule has 0 aromatic carbocycles. The molecule has 4 rings (SSSR count). The van der Waals surface area contributed by atoms with Gasteiger partial charge < -0.3 is 14.2 Å². The van der Waals surface area contributed by atoms with Crippen LogP contribution in [0, 0.1) is 0 Å². The average Bonchev–Trinajstić information content (AvgIpc) is 2.73. The Morgan fingerprint density at radius 1 is 0.636 bits per heavy atom. The van der Waals surface area contributed by atoms with Crippen molar-refractivity contribution >= 4 is 0 Å². The molecule has 4 aliphatic rings. The van der Waals surface area contributed by atoms with Gasteiger partial charge in [0.25, 0.3) is 0 Å². The van der Waals surface area contributed by atoms with Gasteiger partial charge in [0.05, 0.1) is 24.4 Å². The maximum Gasteiger partial charge on any atom is 0.110 e. The Kier molecular flexibility index (Phi) is 0.746. The SMILES string of the molecule is C1[C@@H]2O[C@@H]2[C@H]2C[C@@H]3O[C@@H]3[C@@H]1O2. The average molecular weight is 154 g/mol. The fourth-order valence-corrected chi connectivity index (χ4v) is 2.56. The van der Waals surface area contributed by atoms with Crippen molar-refractivity contribution in [3.63, 3.8) is 0 Å². The van der Waals surface area contributed by atoms with E-state index in [-0.39, 0.29) is 0 Å². The third-order valence-corrected chi connectivity index (χ3v) is 3.26. The van der Waals surface area contributed by atoms with Crippen LogP contribution in [0.4, 0.5) is 0 Å². The van der Waals surface area contributed by atoms with Gasteiger partial charge in [-0.1, -0.05) is 0 Å². The number of ether oxygens (including phenoxy) is 3. The molecule has 0 aromatic heterocycles. The molecule has 4 saturated heterocycles. The van der Waals surface area contributed by atoms with E-state index in [2.05, 4.69) is 0 Å². The van der Waals surface area contributed by atoms with E-state index < -0.39 is 0 Å². The van der Waals surface area contributed by atoms with Crippen LogP contribution in [0.15, 0.2) is 0 Å². The molecule has 0 aromatic rings. The fourth-order valence-electron chi connectivity index (χ4n) is 2.56. The standard InChI is InChI=1S/C8H10O3/c1-3-7-6(11-7)2-4(9-3)8-5(1)10-8/h3-8H,1-2H2/t3-,4-,5+,6+,7-,8-/m1/s1. The molecule has 0 unspecified atom stereocenters. The lowest BCUT2D eigenvalue weighted by atomic mass is 9.92. The van der Waals surface area contributed by atoms with Crippen LogP contribution < -0.4 is 0 Å². The van der Waals surface area contributed by atoms with Crippen molar-refractivity contribution < 1.29 is 14.2 Å². The number of hydrogen-bond donors (Lipinski definition) is 0. The molecule has 3 nitrogen and oxygen atoms in total. The van der Waals surface area contributed by atoms with Crippen LogP contribution in [-0.4, -0.2) is 36.6 Å². The van der Waals surface area contributed by atoms with Gasteiger partial charge >= 0.3 is 0 Å². The van der Waals surface area contributed by atoms with E-state index in [0.29, 0.717) is 36.6 Å². The summed E-state index contributed by atoms with van der Waals surface area (Å²) in [4.78, 5) is 0. The van der Waals surface area contributed by atoms with Gasteiger partial charge in [0.1, 0.15) is 12.2 Å². The second-order valence-corrected chi connectivity index (χ2v) is 3.96. The Hall–Kier alpha value is -0.120. The Morgan fingerprint density at radius 2 is 1.09 bits per heavy atom. The summed E-state index contributed by atoms with van der Waals surface area (Å²) in [5.74, 6) is 0. The molecule has 0 aliphatic carbocycles. The lowest BCUT2D eigenvalue weighted by Crippen LogP contribution is -2.42. The molecule has 60 valence electrons. The first-order valence-electron chi connectivity index (χ1n) is 4.38. The van der Waals surface area contributed by atoms with Crippen molar-refractivity contribution in [3.8, 4) is 0 Å². The second-order valence-electron chi connectivity index (χ2n) is 3.96. The zero-order valence-corrected chi connectivity index (χ0v) is 6.10. The minimum absolute atomic E-state index is 0.363. The highest BCUT2D eigenvalue weighted by atomic mass is 16.7. The highest BCUT2D eigenvalue weighted by molar-refractivity contribution is 5.09. The Bertz CT molecular complexity index is 195. The third kappa shape index (κ3) is 0.604. The van der Waals surface area contributed by atoms with Crippen molar-refractivity contribution in [1.82, 2.24) is 0 Å².